The number of carbonyl (C=O) groups is 1. The predicted molar refractivity (Wildman–Crippen MR) is 115 cm³/mol. The Hall–Kier alpha value is -4.35. The lowest BCUT2D eigenvalue weighted by Gasteiger charge is -2.06. The van der Waals surface area contributed by atoms with Gasteiger partial charge in [0.15, 0.2) is 5.76 Å². The number of pyridine rings is 1. The molecule has 0 saturated heterocycles. The molecule has 0 aliphatic rings. The van der Waals surface area contributed by atoms with Crippen LogP contribution in [0.25, 0.3) is 11.5 Å². The van der Waals surface area contributed by atoms with Crippen LogP contribution in [-0.4, -0.2) is 21.9 Å². The van der Waals surface area contributed by atoms with Gasteiger partial charge in [-0.05, 0) is 54.8 Å². The van der Waals surface area contributed by atoms with Gasteiger partial charge in [0.25, 0.3) is 5.89 Å². The van der Waals surface area contributed by atoms with Crippen molar-refractivity contribution in [3.63, 3.8) is 0 Å². The molecule has 2 aromatic heterocycles. The Morgan fingerprint density at radius 2 is 1.59 bits per heavy atom. The Morgan fingerprint density at radius 3 is 2.25 bits per heavy atom. The molecule has 0 amide bonds. The van der Waals surface area contributed by atoms with Crippen molar-refractivity contribution in [2.75, 3.05) is 0 Å². The van der Waals surface area contributed by atoms with Crippen molar-refractivity contribution in [2.24, 2.45) is 0 Å². The Balaban J connectivity index is 0.000000913. The van der Waals surface area contributed by atoms with E-state index in [1.165, 1.54) is 0 Å². The van der Waals surface area contributed by atoms with Crippen LogP contribution in [0.1, 0.15) is 28.2 Å². The van der Waals surface area contributed by atoms with Crippen molar-refractivity contribution >= 4 is 11.9 Å². The lowest BCUT2D eigenvalue weighted by Crippen LogP contribution is -2.01. The summed E-state index contributed by atoms with van der Waals surface area (Å²) in [6.45, 7) is 1.96. The standard InChI is InChI=1S/C24H20N2O3.CO2/c1-17-7-13-21(25-15-17)23-16-26-24(29-23)22(27)14-10-18-8-11-20(12-9-18)28-19-5-3-2-4-6-19;2-1-3/h2-9,11-13,15-16H,10,14H2,1H3;. The van der Waals surface area contributed by atoms with Crippen LogP contribution >= 0.6 is 0 Å². The SMILES string of the molecule is Cc1ccc(-c2cnc(C(=O)CCc3ccc(Oc4ccccc4)cc3)o2)nc1.O=C=O. The second kappa shape index (κ2) is 11.2. The first-order chi connectivity index (χ1) is 15.6. The van der Waals surface area contributed by atoms with Gasteiger partial charge in [-0.3, -0.25) is 9.78 Å². The van der Waals surface area contributed by atoms with Gasteiger partial charge in [0.2, 0.25) is 5.78 Å². The van der Waals surface area contributed by atoms with Crippen LogP contribution in [0.15, 0.2) is 83.5 Å². The van der Waals surface area contributed by atoms with Crippen LogP contribution in [-0.2, 0) is 16.0 Å². The van der Waals surface area contributed by atoms with E-state index in [0.29, 0.717) is 24.3 Å². The molecule has 2 aromatic carbocycles. The summed E-state index contributed by atoms with van der Waals surface area (Å²) < 4.78 is 11.4. The Labute approximate surface area is 184 Å². The third-order valence-electron chi connectivity index (χ3n) is 4.45. The smallest absolute Gasteiger partial charge is 0.373 e. The number of aryl methyl sites for hydroxylation is 2. The van der Waals surface area contributed by atoms with Crippen molar-refractivity contribution in [2.45, 2.75) is 19.8 Å². The number of hydrogen-bond acceptors (Lipinski definition) is 7. The molecule has 2 heterocycles. The molecule has 7 heteroatoms. The van der Waals surface area contributed by atoms with Crippen molar-refractivity contribution in [3.05, 3.63) is 96.1 Å². The minimum atomic E-state index is -0.132. The van der Waals surface area contributed by atoms with Crippen molar-refractivity contribution < 1.29 is 23.5 Å². The maximum absolute atomic E-state index is 12.4. The molecule has 0 bridgehead atoms. The first kappa shape index (κ1) is 22.3. The van der Waals surface area contributed by atoms with Gasteiger partial charge in [0.1, 0.15) is 17.2 Å². The van der Waals surface area contributed by atoms with E-state index < -0.39 is 0 Å². The Kier molecular flexibility index (Phi) is 7.79. The lowest BCUT2D eigenvalue weighted by molar-refractivity contribution is -0.191. The van der Waals surface area contributed by atoms with Gasteiger partial charge < -0.3 is 9.15 Å². The summed E-state index contributed by atoms with van der Waals surface area (Å²) in [5.41, 5.74) is 2.77. The zero-order valence-corrected chi connectivity index (χ0v) is 17.4. The molecule has 0 aliphatic heterocycles. The summed E-state index contributed by atoms with van der Waals surface area (Å²) in [4.78, 5) is 37.1. The fourth-order valence-corrected chi connectivity index (χ4v) is 2.85. The molecule has 0 N–H and O–H groups in total. The molecule has 0 spiro atoms. The number of benzene rings is 2. The minimum Gasteiger partial charge on any atom is -0.457 e. The number of ketones is 1. The lowest BCUT2D eigenvalue weighted by atomic mass is 10.1. The van der Waals surface area contributed by atoms with Gasteiger partial charge in [-0.1, -0.05) is 36.4 Å². The van der Waals surface area contributed by atoms with Gasteiger partial charge in [-0.25, -0.2) is 4.98 Å². The van der Waals surface area contributed by atoms with Gasteiger partial charge in [-0.15, -0.1) is 0 Å². The zero-order chi connectivity index (χ0) is 22.8. The third-order valence-corrected chi connectivity index (χ3v) is 4.45. The van der Waals surface area contributed by atoms with Crippen molar-refractivity contribution in [3.8, 4) is 23.0 Å². The van der Waals surface area contributed by atoms with Crippen LogP contribution in [0, 0.1) is 6.92 Å². The third kappa shape index (κ3) is 6.32. The first-order valence-electron chi connectivity index (χ1n) is 9.82. The van der Waals surface area contributed by atoms with E-state index in [2.05, 4.69) is 9.97 Å². The molecular weight excluding hydrogens is 408 g/mol. The second-order valence-electron chi connectivity index (χ2n) is 6.82. The van der Waals surface area contributed by atoms with Gasteiger partial charge in [-0.2, -0.15) is 9.59 Å². The van der Waals surface area contributed by atoms with E-state index >= 15 is 0 Å². The molecule has 0 fully saturated rings. The number of hydrogen-bond donors (Lipinski definition) is 0. The van der Waals surface area contributed by atoms with Gasteiger partial charge in [0, 0.05) is 12.6 Å². The first-order valence-corrected chi connectivity index (χ1v) is 9.82. The highest BCUT2D eigenvalue weighted by Gasteiger charge is 2.15. The molecule has 32 heavy (non-hydrogen) atoms. The summed E-state index contributed by atoms with van der Waals surface area (Å²) in [6.07, 6.45) is 4.47. The van der Waals surface area contributed by atoms with Crippen LogP contribution in [0.4, 0.5) is 0 Å². The average Bonchev–Trinajstić information content (AvgIpc) is 3.31. The molecule has 0 atom stereocenters. The average molecular weight is 428 g/mol. The highest BCUT2D eigenvalue weighted by Crippen LogP contribution is 2.22. The molecule has 0 radical (unpaired) electrons. The maximum Gasteiger partial charge on any atom is 0.373 e. The number of Topliss-reactive ketones (excluding diaryl/α,β-unsaturated/α-hetero) is 1. The van der Waals surface area contributed by atoms with E-state index in [-0.39, 0.29) is 17.8 Å². The molecular formula is C25H20N2O5. The minimum absolute atomic E-state index is 0.117. The molecule has 4 aromatic rings. The summed E-state index contributed by atoms with van der Waals surface area (Å²) in [6, 6.07) is 21.1. The van der Waals surface area contributed by atoms with E-state index in [9.17, 15) is 4.79 Å². The molecule has 0 saturated carbocycles. The number of oxazole rings is 1. The number of aromatic nitrogens is 2. The molecule has 0 aliphatic carbocycles. The fraction of sp³-hybridized carbons (Fsp3) is 0.120. The summed E-state index contributed by atoms with van der Waals surface area (Å²) in [5, 5.41) is 0. The van der Waals surface area contributed by atoms with Gasteiger partial charge in [0.05, 0.1) is 6.20 Å². The van der Waals surface area contributed by atoms with Crippen LogP contribution < -0.4 is 4.74 Å². The van der Waals surface area contributed by atoms with E-state index in [4.69, 9.17) is 18.7 Å². The predicted octanol–water partition coefficient (Wildman–Crippen LogP) is 5.07. The second-order valence-corrected chi connectivity index (χ2v) is 6.82. The van der Waals surface area contributed by atoms with Crippen LogP contribution in [0.2, 0.25) is 0 Å². The van der Waals surface area contributed by atoms with Crippen molar-refractivity contribution in [1.82, 2.24) is 9.97 Å². The summed E-state index contributed by atoms with van der Waals surface area (Å²) in [7, 11) is 0. The summed E-state index contributed by atoms with van der Waals surface area (Å²) >= 11 is 0. The maximum atomic E-state index is 12.4. The number of ether oxygens (including phenoxy) is 1. The molecule has 0 unspecified atom stereocenters. The molecule has 7 nitrogen and oxygen atoms in total. The van der Waals surface area contributed by atoms with Gasteiger partial charge >= 0.3 is 6.15 Å². The Bertz CT molecular complexity index is 1180. The topological polar surface area (TPSA) is 99.4 Å². The highest BCUT2D eigenvalue weighted by atomic mass is 16.5. The highest BCUT2D eigenvalue weighted by molar-refractivity contribution is 5.92. The number of carbonyl (C=O) groups excluding carboxylic acids is 3. The number of rotatable bonds is 7. The van der Waals surface area contributed by atoms with Crippen LogP contribution in [0.3, 0.4) is 0 Å². The number of nitrogens with zero attached hydrogens (tertiary/aromatic N) is 2. The largest absolute Gasteiger partial charge is 0.457 e. The van der Waals surface area contributed by atoms with Crippen LogP contribution in [0.5, 0.6) is 11.5 Å². The summed E-state index contributed by atoms with van der Waals surface area (Å²) in [5.74, 6) is 2.03. The van der Waals surface area contributed by atoms with E-state index in [1.54, 1.807) is 12.4 Å². The van der Waals surface area contributed by atoms with Crippen molar-refractivity contribution in [1.29, 1.82) is 0 Å². The Morgan fingerprint density at radius 1 is 0.906 bits per heavy atom. The monoisotopic (exact) mass is 428 g/mol. The number of para-hydroxylation sites is 1. The molecule has 4 rings (SSSR count). The van der Waals surface area contributed by atoms with E-state index in [0.717, 1.165) is 22.6 Å². The fourth-order valence-electron chi connectivity index (χ4n) is 2.85. The molecule has 160 valence electrons. The normalized spacial score (nSPS) is 9.91. The zero-order valence-electron chi connectivity index (χ0n) is 17.4. The van der Waals surface area contributed by atoms with E-state index in [1.807, 2.05) is 73.7 Å². The quantitative estimate of drug-likeness (QED) is 0.379.